The van der Waals surface area contributed by atoms with Crippen molar-refractivity contribution in [1.29, 1.82) is 0 Å². The van der Waals surface area contributed by atoms with Gasteiger partial charge in [0.2, 0.25) is 11.1 Å². The number of hydrazone groups is 1. The number of amides is 1. The Labute approximate surface area is 170 Å². The van der Waals surface area contributed by atoms with Gasteiger partial charge in [0.05, 0.1) is 19.1 Å². The number of nitrogen functional groups attached to an aromatic ring is 1. The number of carbonyl (C=O) groups excluding carboxylic acids is 1. The molecular formula is C18H18FN7O2S. The average molecular weight is 415 g/mol. The topological polar surface area (TPSA) is 119 Å². The minimum atomic E-state index is -0.373. The number of halogens is 1. The Hall–Kier alpha value is -3.60. The Bertz CT molecular complexity index is 1010. The quantitative estimate of drug-likeness (QED) is 0.223. The molecule has 0 saturated carbocycles. The summed E-state index contributed by atoms with van der Waals surface area (Å²) in [5.41, 5.74) is 3.97. The summed E-state index contributed by atoms with van der Waals surface area (Å²) in [5.74, 6) is 6.21. The summed E-state index contributed by atoms with van der Waals surface area (Å²) >= 11 is 1.10. The van der Waals surface area contributed by atoms with E-state index in [1.54, 1.807) is 13.3 Å². The first-order valence-corrected chi connectivity index (χ1v) is 9.36. The van der Waals surface area contributed by atoms with Gasteiger partial charge < -0.3 is 15.9 Å². The van der Waals surface area contributed by atoms with Crippen LogP contribution in [0.3, 0.4) is 0 Å². The van der Waals surface area contributed by atoms with Crippen LogP contribution in [0, 0.1) is 5.82 Å². The lowest BCUT2D eigenvalue weighted by molar-refractivity contribution is -0.113. The van der Waals surface area contributed by atoms with Crippen LogP contribution in [0.15, 0.2) is 58.8 Å². The molecule has 0 spiro atoms. The van der Waals surface area contributed by atoms with Gasteiger partial charge in [0.15, 0.2) is 0 Å². The molecule has 3 rings (SSSR count). The van der Waals surface area contributed by atoms with Gasteiger partial charge in [-0.1, -0.05) is 23.9 Å². The molecule has 0 unspecified atom stereocenters. The predicted molar refractivity (Wildman–Crippen MR) is 110 cm³/mol. The number of nitrogens with two attached hydrogens (primary N) is 1. The van der Waals surface area contributed by atoms with Crippen LogP contribution < -0.4 is 21.3 Å². The molecule has 1 amide bonds. The molecule has 3 aromatic rings. The summed E-state index contributed by atoms with van der Waals surface area (Å²) in [7, 11) is 1.58. The maximum absolute atomic E-state index is 12.9. The van der Waals surface area contributed by atoms with Gasteiger partial charge in [-0.2, -0.15) is 5.10 Å². The normalized spacial score (nSPS) is 10.8. The minimum Gasteiger partial charge on any atom is -0.496 e. The largest absolute Gasteiger partial charge is 0.496 e. The van der Waals surface area contributed by atoms with E-state index in [-0.39, 0.29) is 23.4 Å². The van der Waals surface area contributed by atoms with Crippen molar-refractivity contribution in [3.05, 3.63) is 59.9 Å². The number of carbonyl (C=O) groups is 1. The third kappa shape index (κ3) is 5.45. The Morgan fingerprint density at radius 3 is 2.79 bits per heavy atom. The fourth-order valence-electron chi connectivity index (χ4n) is 2.24. The van der Waals surface area contributed by atoms with E-state index in [1.807, 2.05) is 24.3 Å². The third-order valence-electron chi connectivity index (χ3n) is 3.63. The zero-order valence-electron chi connectivity index (χ0n) is 15.4. The van der Waals surface area contributed by atoms with Crippen molar-refractivity contribution in [3.63, 3.8) is 0 Å². The number of para-hydroxylation sites is 1. The Morgan fingerprint density at radius 2 is 2.03 bits per heavy atom. The Balaban J connectivity index is 1.54. The van der Waals surface area contributed by atoms with Crippen LogP contribution in [0.4, 0.5) is 16.0 Å². The van der Waals surface area contributed by atoms with E-state index in [1.165, 1.54) is 28.9 Å². The van der Waals surface area contributed by atoms with Crippen molar-refractivity contribution in [2.75, 3.05) is 29.4 Å². The van der Waals surface area contributed by atoms with Crippen molar-refractivity contribution in [2.45, 2.75) is 5.16 Å². The number of aromatic nitrogens is 3. The van der Waals surface area contributed by atoms with E-state index >= 15 is 0 Å². The molecule has 0 bridgehead atoms. The molecule has 0 radical (unpaired) electrons. The number of benzene rings is 2. The van der Waals surface area contributed by atoms with Crippen LogP contribution >= 0.6 is 11.8 Å². The van der Waals surface area contributed by atoms with Crippen LogP contribution in [-0.4, -0.2) is 39.9 Å². The molecular weight excluding hydrogens is 397 g/mol. The SMILES string of the molecule is COc1ccccc1/C=N/Nc1nnc(SCC(=O)Nc2ccc(F)cc2)n1N. The molecule has 29 heavy (non-hydrogen) atoms. The van der Waals surface area contributed by atoms with Gasteiger partial charge in [-0.25, -0.2) is 14.5 Å². The molecule has 0 atom stereocenters. The van der Waals surface area contributed by atoms with Crippen molar-refractivity contribution < 1.29 is 13.9 Å². The molecule has 0 aliphatic carbocycles. The molecule has 0 aliphatic heterocycles. The number of nitrogens with one attached hydrogen (secondary N) is 2. The fraction of sp³-hybridized carbons (Fsp3) is 0.111. The predicted octanol–water partition coefficient (Wildman–Crippen LogP) is 2.32. The van der Waals surface area contributed by atoms with Gasteiger partial charge in [-0.15, -0.1) is 10.2 Å². The van der Waals surface area contributed by atoms with Gasteiger partial charge in [-0.3, -0.25) is 4.79 Å². The first-order valence-electron chi connectivity index (χ1n) is 8.37. The van der Waals surface area contributed by atoms with Crippen molar-refractivity contribution in [3.8, 4) is 5.75 Å². The summed E-state index contributed by atoms with van der Waals surface area (Å²) < 4.78 is 19.3. The molecule has 1 heterocycles. The van der Waals surface area contributed by atoms with E-state index in [0.717, 1.165) is 17.3 Å². The lowest BCUT2D eigenvalue weighted by atomic mass is 10.2. The first kappa shape index (κ1) is 20.1. The molecule has 1 aromatic heterocycles. The second-order valence-electron chi connectivity index (χ2n) is 5.63. The molecule has 0 aliphatic rings. The van der Waals surface area contributed by atoms with Gasteiger partial charge in [0.1, 0.15) is 11.6 Å². The average Bonchev–Trinajstić information content (AvgIpc) is 3.08. The second kappa shape index (κ2) is 9.55. The Morgan fingerprint density at radius 1 is 1.28 bits per heavy atom. The highest BCUT2D eigenvalue weighted by Crippen LogP contribution is 2.18. The second-order valence-corrected chi connectivity index (χ2v) is 6.57. The number of nitrogens with zero attached hydrogens (tertiary/aromatic N) is 4. The van der Waals surface area contributed by atoms with Gasteiger partial charge in [-0.05, 0) is 36.4 Å². The van der Waals surface area contributed by atoms with E-state index in [2.05, 4.69) is 26.0 Å². The molecule has 150 valence electrons. The number of anilines is 2. The van der Waals surface area contributed by atoms with E-state index < -0.39 is 0 Å². The monoisotopic (exact) mass is 415 g/mol. The highest BCUT2D eigenvalue weighted by molar-refractivity contribution is 7.99. The lowest BCUT2D eigenvalue weighted by Crippen LogP contribution is -2.16. The molecule has 0 fully saturated rings. The number of hydrogen-bond donors (Lipinski definition) is 3. The maximum atomic E-state index is 12.9. The number of ether oxygens (including phenoxy) is 1. The lowest BCUT2D eigenvalue weighted by Gasteiger charge is -2.05. The van der Waals surface area contributed by atoms with Crippen molar-refractivity contribution in [1.82, 2.24) is 14.9 Å². The van der Waals surface area contributed by atoms with Crippen LogP contribution in [0.1, 0.15) is 5.56 Å². The smallest absolute Gasteiger partial charge is 0.264 e. The maximum Gasteiger partial charge on any atom is 0.264 e. The van der Waals surface area contributed by atoms with E-state index in [4.69, 9.17) is 10.6 Å². The van der Waals surface area contributed by atoms with E-state index in [9.17, 15) is 9.18 Å². The van der Waals surface area contributed by atoms with Crippen molar-refractivity contribution >= 4 is 35.5 Å². The number of thioether (sulfide) groups is 1. The van der Waals surface area contributed by atoms with Crippen LogP contribution in [0.2, 0.25) is 0 Å². The summed E-state index contributed by atoms with van der Waals surface area (Å²) in [6, 6.07) is 12.9. The standard InChI is InChI=1S/C18H18FN7O2S/c1-28-15-5-3-2-4-12(15)10-21-23-17-24-25-18(26(17)20)29-11-16(27)22-14-8-6-13(19)7-9-14/h2-10H,11,20H2,1H3,(H,22,27)(H,23,24)/b21-10+. The molecule has 11 heteroatoms. The number of methoxy groups -OCH3 is 1. The van der Waals surface area contributed by atoms with E-state index in [0.29, 0.717) is 16.6 Å². The first-order chi connectivity index (χ1) is 14.1. The van der Waals surface area contributed by atoms with Gasteiger partial charge in [0.25, 0.3) is 5.95 Å². The fourth-order valence-corrected chi connectivity index (χ4v) is 2.90. The van der Waals surface area contributed by atoms with Crippen LogP contribution in [0.5, 0.6) is 5.75 Å². The molecule has 4 N–H and O–H groups in total. The molecule has 9 nitrogen and oxygen atoms in total. The van der Waals surface area contributed by atoms with Gasteiger partial charge in [0, 0.05) is 11.3 Å². The summed E-state index contributed by atoms with van der Waals surface area (Å²) in [4.78, 5) is 12.0. The van der Waals surface area contributed by atoms with Gasteiger partial charge >= 0.3 is 0 Å². The summed E-state index contributed by atoms with van der Waals surface area (Å²) in [5, 5.41) is 14.9. The van der Waals surface area contributed by atoms with Crippen LogP contribution in [0.25, 0.3) is 0 Å². The number of rotatable bonds is 8. The number of hydrogen-bond acceptors (Lipinski definition) is 8. The molecule has 0 saturated heterocycles. The third-order valence-corrected chi connectivity index (χ3v) is 4.58. The zero-order valence-corrected chi connectivity index (χ0v) is 16.2. The summed E-state index contributed by atoms with van der Waals surface area (Å²) in [6.45, 7) is 0. The zero-order chi connectivity index (χ0) is 20.6. The Kier molecular flexibility index (Phi) is 6.63. The highest BCUT2D eigenvalue weighted by Gasteiger charge is 2.12. The van der Waals surface area contributed by atoms with Crippen molar-refractivity contribution in [2.24, 2.45) is 5.10 Å². The van der Waals surface area contributed by atoms with Crippen LogP contribution in [-0.2, 0) is 4.79 Å². The summed E-state index contributed by atoms with van der Waals surface area (Å²) in [6.07, 6.45) is 1.57. The molecule has 2 aromatic carbocycles. The highest BCUT2D eigenvalue weighted by atomic mass is 32.2. The minimum absolute atomic E-state index is 0.0528.